The molecule has 0 amide bonds. The van der Waals surface area contributed by atoms with Gasteiger partial charge in [-0.2, -0.15) is 0 Å². The van der Waals surface area contributed by atoms with Crippen molar-refractivity contribution in [3.05, 3.63) is 31.6 Å². The zero-order valence-corrected chi connectivity index (χ0v) is 12.8. The van der Waals surface area contributed by atoms with Crippen LogP contribution < -0.4 is 5.69 Å². The van der Waals surface area contributed by atoms with E-state index in [9.17, 15) is 4.79 Å². The number of likely N-dealkylation sites (N-methyl/N-ethyl adjacent to an activating group) is 1. The lowest BCUT2D eigenvalue weighted by molar-refractivity contribution is 0.384. The highest BCUT2D eigenvalue weighted by Gasteiger charge is 2.10. The van der Waals surface area contributed by atoms with Crippen LogP contribution in [-0.4, -0.2) is 35.1 Å². The second kappa shape index (κ2) is 4.96. The van der Waals surface area contributed by atoms with Gasteiger partial charge in [-0.25, -0.2) is 4.79 Å². The number of hydrogen-bond donors (Lipinski definition) is 1. The Morgan fingerprint density at radius 2 is 2.06 bits per heavy atom. The highest BCUT2D eigenvalue weighted by atomic mass is 79.9. The van der Waals surface area contributed by atoms with Crippen LogP contribution in [0.1, 0.15) is 0 Å². The number of nitrogens with one attached hydrogen (secondary N) is 1. The lowest BCUT2D eigenvalue weighted by Gasteiger charge is -2.10. The molecule has 0 spiro atoms. The van der Waals surface area contributed by atoms with E-state index in [0.717, 1.165) is 26.5 Å². The average molecular weight is 363 g/mol. The number of rotatable bonds is 3. The summed E-state index contributed by atoms with van der Waals surface area (Å²) in [7, 11) is 3.98. The van der Waals surface area contributed by atoms with Gasteiger partial charge < -0.3 is 9.88 Å². The van der Waals surface area contributed by atoms with Gasteiger partial charge in [0.05, 0.1) is 11.0 Å². The topological polar surface area (TPSA) is 41.0 Å². The molecule has 0 bridgehead atoms. The molecule has 0 aliphatic heterocycles. The van der Waals surface area contributed by atoms with Gasteiger partial charge in [0.25, 0.3) is 0 Å². The SMILES string of the molecule is CN(C)CCn1c(=O)[nH]c2c(Br)cc(Br)cc21. The fourth-order valence-corrected chi connectivity index (χ4v) is 3.00. The minimum absolute atomic E-state index is 0.0688. The first-order valence-corrected chi connectivity index (χ1v) is 6.80. The van der Waals surface area contributed by atoms with E-state index < -0.39 is 0 Å². The fraction of sp³-hybridized carbons (Fsp3) is 0.364. The summed E-state index contributed by atoms with van der Waals surface area (Å²) in [5, 5.41) is 0. The van der Waals surface area contributed by atoms with Crippen LogP contribution in [0.25, 0.3) is 11.0 Å². The molecule has 1 heterocycles. The minimum Gasteiger partial charge on any atom is -0.308 e. The molecule has 0 unspecified atom stereocenters. The Kier molecular flexibility index (Phi) is 3.75. The maximum atomic E-state index is 11.9. The van der Waals surface area contributed by atoms with Crippen LogP contribution in [0.5, 0.6) is 0 Å². The van der Waals surface area contributed by atoms with Crippen molar-refractivity contribution in [3.8, 4) is 0 Å². The number of nitrogens with zero attached hydrogens (tertiary/aromatic N) is 2. The number of imidazole rings is 1. The molecule has 0 saturated heterocycles. The zero-order chi connectivity index (χ0) is 12.6. The third kappa shape index (κ3) is 2.64. The number of hydrogen-bond acceptors (Lipinski definition) is 2. The van der Waals surface area contributed by atoms with Gasteiger partial charge in [0.2, 0.25) is 0 Å². The van der Waals surface area contributed by atoms with E-state index in [4.69, 9.17) is 0 Å². The van der Waals surface area contributed by atoms with Gasteiger partial charge in [-0.1, -0.05) is 15.9 Å². The van der Waals surface area contributed by atoms with E-state index >= 15 is 0 Å². The lowest BCUT2D eigenvalue weighted by atomic mass is 10.3. The highest BCUT2D eigenvalue weighted by Crippen LogP contribution is 2.26. The molecule has 1 aromatic carbocycles. The molecule has 0 aliphatic rings. The molecule has 17 heavy (non-hydrogen) atoms. The lowest BCUT2D eigenvalue weighted by Crippen LogP contribution is -2.24. The van der Waals surface area contributed by atoms with Gasteiger partial charge in [-0.3, -0.25) is 4.57 Å². The second-order valence-corrected chi connectivity index (χ2v) is 5.94. The Hall–Kier alpha value is -0.590. The molecular weight excluding hydrogens is 350 g/mol. The second-order valence-electron chi connectivity index (χ2n) is 4.17. The van der Waals surface area contributed by atoms with E-state index in [1.807, 2.05) is 26.2 Å². The van der Waals surface area contributed by atoms with Crippen LogP contribution in [0.3, 0.4) is 0 Å². The molecule has 0 fully saturated rings. The number of halogens is 2. The third-order valence-corrected chi connectivity index (χ3v) is 3.66. The molecule has 2 aromatic rings. The van der Waals surface area contributed by atoms with Crippen LogP contribution in [0, 0.1) is 0 Å². The third-order valence-electron chi connectivity index (χ3n) is 2.57. The molecule has 4 nitrogen and oxygen atoms in total. The van der Waals surface area contributed by atoms with Gasteiger partial charge in [0, 0.05) is 22.0 Å². The number of aromatic nitrogens is 2. The molecule has 2 rings (SSSR count). The van der Waals surface area contributed by atoms with Crippen LogP contribution in [-0.2, 0) is 6.54 Å². The monoisotopic (exact) mass is 361 g/mol. The summed E-state index contributed by atoms with van der Waals surface area (Å²) in [6, 6.07) is 3.88. The van der Waals surface area contributed by atoms with Crippen molar-refractivity contribution in [1.29, 1.82) is 0 Å². The summed E-state index contributed by atoms with van der Waals surface area (Å²) >= 11 is 6.89. The molecule has 6 heteroatoms. The Balaban J connectivity index is 2.54. The molecule has 1 aromatic heterocycles. The summed E-state index contributed by atoms with van der Waals surface area (Å²) in [5.74, 6) is 0. The van der Waals surface area contributed by atoms with Crippen molar-refractivity contribution < 1.29 is 0 Å². The van der Waals surface area contributed by atoms with Crippen LogP contribution in [0.4, 0.5) is 0 Å². The summed E-state index contributed by atoms with van der Waals surface area (Å²) in [5.41, 5.74) is 1.69. The summed E-state index contributed by atoms with van der Waals surface area (Å²) < 4.78 is 3.60. The summed E-state index contributed by atoms with van der Waals surface area (Å²) in [6.45, 7) is 1.51. The highest BCUT2D eigenvalue weighted by molar-refractivity contribution is 9.11. The van der Waals surface area contributed by atoms with Gasteiger partial charge in [-0.05, 0) is 42.2 Å². The maximum Gasteiger partial charge on any atom is 0.326 e. The van der Waals surface area contributed by atoms with Crippen molar-refractivity contribution >= 4 is 42.9 Å². The van der Waals surface area contributed by atoms with Crippen LogP contribution in [0.15, 0.2) is 25.9 Å². The van der Waals surface area contributed by atoms with Gasteiger partial charge in [0.1, 0.15) is 0 Å². The number of aromatic amines is 1. The largest absolute Gasteiger partial charge is 0.326 e. The maximum absolute atomic E-state index is 11.9. The molecular formula is C11H13Br2N3O. The van der Waals surface area contributed by atoms with E-state index in [0.29, 0.717) is 6.54 Å². The molecule has 0 aliphatic carbocycles. The van der Waals surface area contributed by atoms with Crippen molar-refractivity contribution in [1.82, 2.24) is 14.5 Å². The average Bonchev–Trinajstić information content (AvgIpc) is 2.52. The summed E-state index contributed by atoms with van der Waals surface area (Å²) in [6.07, 6.45) is 0. The first-order chi connectivity index (χ1) is 7.99. The van der Waals surface area contributed by atoms with Crippen LogP contribution in [0.2, 0.25) is 0 Å². The van der Waals surface area contributed by atoms with E-state index in [1.165, 1.54) is 0 Å². The van der Waals surface area contributed by atoms with Crippen molar-refractivity contribution in [3.63, 3.8) is 0 Å². The standard InChI is InChI=1S/C11H13Br2N3O/c1-15(2)3-4-16-9-6-7(12)5-8(13)10(9)14-11(16)17/h5-6H,3-4H2,1-2H3,(H,14,17). The molecule has 0 saturated carbocycles. The van der Waals surface area contributed by atoms with Gasteiger partial charge >= 0.3 is 5.69 Å². The Labute approximate surface area is 116 Å². The Morgan fingerprint density at radius 1 is 1.35 bits per heavy atom. The first kappa shape index (κ1) is 12.9. The van der Waals surface area contributed by atoms with Crippen LogP contribution >= 0.6 is 31.9 Å². The quantitative estimate of drug-likeness (QED) is 0.910. The minimum atomic E-state index is -0.0688. The van der Waals surface area contributed by atoms with Crippen molar-refractivity contribution in [2.75, 3.05) is 20.6 Å². The van der Waals surface area contributed by atoms with E-state index in [-0.39, 0.29) is 5.69 Å². The smallest absolute Gasteiger partial charge is 0.308 e. The molecule has 0 radical (unpaired) electrons. The fourth-order valence-electron chi connectivity index (χ4n) is 1.70. The zero-order valence-electron chi connectivity index (χ0n) is 9.63. The Bertz CT molecular complexity index is 601. The first-order valence-electron chi connectivity index (χ1n) is 5.21. The van der Waals surface area contributed by atoms with Crippen molar-refractivity contribution in [2.45, 2.75) is 6.54 Å². The Morgan fingerprint density at radius 3 is 2.71 bits per heavy atom. The van der Waals surface area contributed by atoms with E-state index in [2.05, 4.69) is 41.7 Å². The number of benzene rings is 1. The normalized spacial score (nSPS) is 11.6. The number of fused-ring (bicyclic) bond motifs is 1. The molecule has 1 N–H and O–H groups in total. The van der Waals surface area contributed by atoms with E-state index in [1.54, 1.807) is 4.57 Å². The van der Waals surface area contributed by atoms with Gasteiger partial charge in [0.15, 0.2) is 0 Å². The number of H-pyrrole nitrogens is 1. The summed E-state index contributed by atoms with van der Waals surface area (Å²) in [4.78, 5) is 16.8. The predicted octanol–water partition coefficient (Wildman–Crippen LogP) is 2.42. The predicted molar refractivity (Wildman–Crippen MR) is 76.5 cm³/mol. The molecule has 92 valence electrons. The van der Waals surface area contributed by atoms with Crippen molar-refractivity contribution in [2.24, 2.45) is 0 Å². The van der Waals surface area contributed by atoms with Gasteiger partial charge in [-0.15, -0.1) is 0 Å². The molecule has 0 atom stereocenters.